The molecule has 14 heavy (non-hydrogen) atoms. The molecule has 0 amide bonds. The predicted octanol–water partition coefficient (Wildman–Crippen LogP) is 3.24. The van der Waals surface area contributed by atoms with E-state index >= 15 is 0 Å². The van der Waals surface area contributed by atoms with Gasteiger partial charge in [0.05, 0.1) is 0 Å². The van der Waals surface area contributed by atoms with Gasteiger partial charge in [-0.25, -0.2) is 0 Å². The zero-order valence-corrected chi connectivity index (χ0v) is 8.86. The summed E-state index contributed by atoms with van der Waals surface area (Å²) in [5.41, 5.74) is 0. The normalized spacial score (nSPS) is 27.6. The zero-order chi connectivity index (χ0) is 10.1. The molecule has 1 saturated carbocycles. The van der Waals surface area contributed by atoms with Gasteiger partial charge in [0.1, 0.15) is 17.6 Å². The highest BCUT2D eigenvalue weighted by Gasteiger charge is 2.36. The number of aliphatic hydroxyl groups excluding tert-OH is 1. The van der Waals surface area contributed by atoms with Gasteiger partial charge in [-0.2, -0.15) is 0 Å². The van der Waals surface area contributed by atoms with E-state index in [0.29, 0.717) is 5.92 Å². The van der Waals surface area contributed by atoms with E-state index in [0.717, 1.165) is 30.3 Å². The Morgan fingerprint density at radius 1 is 1.57 bits per heavy atom. The van der Waals surface area contributed by atoms with E-state index in [1.807, 2.05) is 12.1 Å². The molecule has 0 bridgehead atoms. The largest absolute Gasteiger partial charge is 0.463 e. The van der Waals surface area contributed by atoms with Crippen molar-refractivity contribution in [2.24, 2.45) is 5.92 Å². The van der Waals surface area contributed by atoms with Crippen molar-refractivity contribution < 1.29 is 9.52 Å². The van der Waals surface area contributed by atoms with E-state index in [9.17, 15) is 5.11 Å². The maximum absolute atomic E-state index is 9.71. The van der Waals surface area contributed by atoms with Crippen molar-refractivity contribution in [3.8, 4) is 0 Å². The lowest BCUT2D eigenvalue weighted by atomic mass is 10.2. The number of aliphatic hydroxyl groups is 1. The first kappa shape index (κ1) is 9.78. The zero-order valence-electron chi connectivity index (χ0n) is 8.86. The minimum atomic E-state index is -0.414. The molecule has 3 atom stereocenters. The molecular formula is C12H18O2. The Kier molecular flexibility index (Phi) is 2.64. The van der Waals surface area contributed by atoms with Crippen molar-refractivity contribution in [3.63, 3.8) is 0 Å². The van der Waals surface area contributed by atoms with Gasteiger partial charge in [0.25, 0.3) is 0 Å². The Labute approximate surface area is 84.9 Å². The quantitative estimate of drug-likeness (QED) is 0.798. The molecule has 1 fully saturated rings. The van der Waals surface area contributed by atoms with Crippen molar-refractivity contribution in [2.75, 3.05) is 0 Å². The van der Waals surface area contributed by atoms with Gasteiger partial charge in [0.2, 0.25) is 0 Å². The summed E-state index contributed by atoms with van der Waals surface area (Å²) in [6, 6.07) is 3.93. The maximum atomic E-state index is 9.71. The molecule has 0 radical (unpaired) electrons. The molecule has 0 aliphatic heterocycles. The van der Waals surface area contributed by atoms with E-state index in [2.05, 4.69) is 13.8 Å². The molecule has 0 spiro atoms. The fourth-order valence-electron chi connectivity index (χ4n) is 1.88. The van der Waals surface area contributed by atoms with Gasteiger partial charge in [0.15, 0.2) is 0 Å². The van der Waals surface area contributed by atoms with Gasteiger partial charge < -0.3 is 9.52 Å². The average molecular weight is 194 g/mol. The minimum Gasteiger partial charge on any atom is -0.463 e. The van der Waals surface area contributed by atoms with E-state index in [4.69, 9.17) is 4.42 Å². The van der Waals surface area contributed by atoms with Crippen LogP contribution in [0.4, 0.5) is 0 Å². The number of rotatable bonds is 4. The van der Waals surface area contributed by atoms with Crippen LogP contribution in [0.15, 0.2) is 16.5 Å². The summed E-state index contributed by atoms with van der Waals surface area (Å²) in [6.07, 6.45) is 2.59. The highest BCUT2D eigenvalue weighted by Crippen LogP contribution is 2.47. The molecule has 2 heteroatoms. The molecule has 2 nitrogen and oxygen atoms in total. The first-order valence-corrected chi connectivity index (χ1v) is 5.50. The lowest BCUT2D eigenvalue weighted by Gasteiger charge is -2.04. The Balaban J connectivity index is 2.02. The summed E-state index contributed by atoms with van der Waals surface area (Å²) in [7, 11) is 0. The summed E-state index contributed by atoms with van der Waals surface area (Å²) in [5, 5.41) is 9.71. The van der Waals surface area contributed by atoms with Crippen molar-refractivity contribution in [3.05, 3.63) is 23.7 Å². The van der Waals surface area contributed by atoms with E-state index < -0.39 is 6.10 Å². The first-order chi connectivity index (χ1) is 6.72. The van der Waals surface area contributed by atoms with E-state index in [1.165, 1.54) is 6.42 Å². The van der Waals surface area contributed by atoms with Gasteiger partial charge in [-0.1, -0.05) is 20.3 Å². The molecule has 78 valence electrons. The Bertz CT molecular complexity index is 303. The summed E-state index contributed by atoms with van der Waals surface area (Å²) in [4.78, 5) is 0. The highest BCUT2D eigenvalue weighted by atomic mass is 16.4. The average Bonchev–Trinajstić information content (AvgIpc) is 2.70. The van der Waals surface area contributed by atoms with Crippen LogP contribution >= 0.6 is 0 Å². The van der Waals surface area contributed by atoms with Crippen LogP contribution in [0.3, 0.4) is 0 Å². The van der Waals surface area contributed by atoms with Gasteiger partial charge in [-0.3, -0.25) is 0 Å². The van der Waals surface area contributed by atoms with Gasteiger partial charge in [-0.15, -0.1) is 0 Å². The van der Waals surface area contributed by atoms with Crippen LogP contribution in [0.25, 0.3) is 0 Å². The van der Waals surface area contributed by atoms with Crippen LogP contribution in [-0.4, -0.2) is 5.11 Å². The smallest absolute Gasteiger partial charge is 0.132 e. The number of furan rings is 1. The molecule has 2 rings (SSSR count). The molecule has 0 saturated heterocycles. The summed E-state index contributed by atoms with van der Waals surface area (Å²) in [6.45, 7) is 4.30. The molecule has 1 N–H and O–H groups in total. The van der Waals surface area contributed by atoms with Crippen molar-refractivity contribution in [1.82, 2.24) is 0 Å². The third-order valence-electron chi connectivity index (χ3n) is 3.01. The fraction of sp³-hybridized carbons (Fsp3) is 0.667. The van der Waals surface area contributed by atoms with E-state index in [-0.39, 0.29) is 0 Å². The van der Waals surface area contributed by atoms with Gasteiger partial charge in [-0.05, 0) is 30.9 Å². The van der Waals surface area contributed by atoms with Crippen LogP contribution < -0.4 is 0 Å². The lowest BCUT2D eigenvalue weighted by Crippen LogP contribution is -1.93. The lowest BCUT2D eigenvalue weighted by molar-refractivity contribution is 0.137. The molecule has 1 aliphatic rings. The summed E-state index contributed by atoms with van der Waals surface area (Å²) in [5.74, 6) is 3.17. The standard InChI is InChI=1S/C12H18O2/c1-3-4-10(13)12-6-5-11(14-12)9-7-8(9)2/h5-6,8-10,13H,3-4,7H2,1-2H3. The summed E-state index contributed by atoms with van der Waals surface area (Å²) >= 11 is 0. The monoisotopic (exact) mass is 194 g/mol. The van der Waals surface area contributed by atoms with Gasteiger partial charge in [0, 0.05) is 5.92 Å². The Morgan fingerprint density at radius 3 is 2.86 bits per heavy atom. The second kappa shape index (κ2) is 3.77. The second-order valence-corrected chi connectivity index (χ2v) is 4.36. The Hall–Kier alpha value is -0.760. The van der Waals surface area contributed by atoms with E-state index in [1.54, 1.807) is 0 Å². The first-order valence-electron chi connectivity index (χ1n) is 5.50. The van der Waals surface area contributed by atoms with Crippen LogP contribution in [0.5, 0.6) is 0 Å². The SMILES string of the molecule is CCCC(O)c1ccc(C2CC2C)o1. The highest BCUT2D eigenvalue weighted by molar-refractivity contribution is 5.18. The second-order valence-electron chi connectivity index (χ2n) is 4.36. The topological polar surface area (TPSA) is 33.4 Å². The Morgan fingerprint density at radius 2 is 2.29 bits per heavy atom. The molecular weight excluding hydrogens is 176 g/mol. The third kappa shape index (κ3) is 1.85. The number of hydrogen-bond acceptors (Lipinski definition) is 2. The maximum Gasteiger partial charge on any atom is 0.132 e. The number of hydrogen-bond donors (Lipinski definition) is 1. The minimum absolute atomic E-state index is 0.414. The van der Waals surface area contributed by atoms with Crippen LogP contribution in [0, 0.1) is 5.92 Å². The summed E-state index contributed by atoms with van der Waals surface area (Å²) < 4.78 is 5.64. The molecule has 0 aromatic carbocycles. The van der Waals surface area contributed by atoms with Crippen molar-refractivity contribution in [1.29, 1.82) is 0 Å². The third-order valence-corrected chi connectivity index (χ3v) is 3.01. The molecule has 1 aromatic heterocycles. The van der Waals surface area contributed by atoms with Gasteiger partial charge >= 0.3 is 0 Å². The van der Waals surface area contributed by atoms with Crippen LogP contribution in [0.2, 0.25) is 0 Å². The van der Waals surface area contributed by atoms with Crippen LogP contribution in [-0.2, 0) is 0 Å². The molecule has 1 aliphatic carbocycles. The molecule has 1 heterocycles. The van der Waals surface area contributed by atoms with Crippen molar-refractivity contribution >= 4 is 0 Å². The van der Waals surface area contributed by atoms with Crippen molar-refractivity contribution in [2.45, 2.75) is 45.1 Å². The fourth-order valence-corrected chi connectivity index (χ4v) is 1.88. The van der Waals surface area contributed by atoms with Crippen LogP contribution in [0.1, 0.15) is 56.7 Å². The molecule has 3 unspecified atom stereocenters. The predicted molar refractivity (Wildman–Crippen MR) is 55.1 cm³/mol. The molecule has 1 aromatic rings.